The number of nitrogens with one attached hydrogen (secondary N) is 2. The quantitative estimate of drug-likeness (QED) is 0.810. The number of amides is 2. The fourth-order valence-corrected chi connectivity index (χ4v) is 2.59. The molecule has 2 aromatic heterocycles. The van der Waals surface area contributed by atoms with Crippen molar-refractivity contribution < 1.29 is 14.0 Å². The van der Waals surface area contributed by atoms with E-state index in [1.54, 1.807) is 18.4 Å². The summed E-state index contributed by atoms with van der Waals surface area (Å²) in [5, 5.41) is 7.22. The van der Waals surface area contributed by atoms with Gasteiger partial charge in [0.25, 0.3) is 5.91 Å². The second-order valence-electron chi connectivity index (χ2n) is 4.96. The lowest BCUT2D eigenvalue weighted by Gasteiger charge is -2.22. The Morgan fingerprint density at radius 3 is 2.68 bits per heavy atom. The van der Waals surface area contributed by atoms with E-state index < -0.39 is 0 Å². The van der Waals surface area contributed by atoms with Crippen molar-refractivity contribution in [2.24, 2.45) is 0 Å². The zero-order valence-corrected chi connectivity index (χ0v) is 13.4. The van der Waals surface area contributed by atoms with E-state index in [1.165, 1.54) is 11.3 Å². The molecule has 7 heteroatoms. The van der Waals surface area contributed by atoms with Gasteiger partial charge in [0, 0.05) is 6.54 Å². The molecule has 0 saturated carbocycles. The molecule has 2 rings (SSSR count). The maximum Gasteiger partial charge on any atom is 0.261 e. The lowest BCUT2D eigenvalue weighted by molar-refractivity contribution is -0.120. The Morgan fingerprint density at radius 2 is 2.09 bits per heavy atom. The van der Waals surface area contributed by atoms with E-state index in [1.807, 2.05) is 36.5 Å². The molecule has 0 aromatic carbocycles. The van der Waals surface area contributed by atoms with E-state index in [4.69, 9.17) is 4.42 Å². The Bertz CT molecular complexity index is 594. The van der Waals surface area contributed by atoms with Crippen LogP contribution in [0.2, 0.25) is 0 Å². The van der Waals surface area contributed by atoms with Crippen LogP contribution in [-0.2, 0) is 4.79 Å². The summed E-state index contributed by atoms with van der Waals surface area (Å²) in [6.45, 7) is 0.364. The van der Waals surface area contributed by atoms with E-state index in [-0.39, 0.29) is 24.4 Å². The summed E-state index contributed by atoms with van der Waals surface area (Å²) >= 11 is 1.34. The van der Waals surface area contributed by atoms with Crippen molar-refractivity contribution in [3.63, 3.8) is 0 Å². The second kappa shape index (κ2) is 7.77. The number of likely N-dealkylation sites (N-methyl/N-ethyl adjacent to an activating group) is 1. The molecule has 118 valence electrons. The molecule has 1 unspecified atom stereocenters. The standard InChI is InChI=1S/C15H19N3O3S/c1-18(2)11(12-5-3-7-21-12)9-16-14(19)10-17-15(20)13-6-4-8-22-13/h3-8,11H,9-10H2,1-2H3,(H,16,19)(H,17,20). The van der Waals surface area contributed by atoms with Gasteiger partial charge >= 0.3 is 0 Å². The van der Waals surface area contributed by atoms with Gasteiger partial charge in [0.2, 0.25) is 5.91 Å². The molecule has 6 nitrogen and oxygen atoms in total. The van der Waals surface area contributed by atoms with Crippen LogP contribution >= 0.6 is 11.3 Å². The van der Waals surface area contributed by atoms with E-state index in [2.05, 4.69) is 10.6 Å². The summed E-state index contributed by atoms with van der Waals surface area (Å²) in [6.07, 6.45) is 1.61. The third-order valence-corrected chi connectivity index (χ3v) is 4.01. The minimum Gasteiger partial charge on any atom is -0.468 e. The Morgan fingerprint density at radius 1 is 1.27 bits per heavy atom. The van der Waals surface area contributed by atoms with Crippen molar-refractivity contribution in [1.82, 2.24) is 15.5 Å². The first kappa shape index (κ1) is 16.3. The van der Waals surface area contributed by atoms with Crippen molar-refractivity contribution in [3.05, 3.63) is 46.5 Å². The van der Waals surface area contributed by atoms with E-state index in [0.717, 1.165) is 5.76 Å². The molecule has 0 radical (unpaired) electrons. The lowest BCUT2D eigenvalue weighted by atomic mass is 10.2. The number of nitrogens with zero attached hydrogens (tertiary/aromatic N) is 1. The molecule has 0 spiro atoms. The van der Waals surface area contributed by atoms with Crippen LogP contribution in [0.25, 0.3) is 0 Å². The Kier molecular flexibility index (Phi) is 5.74. The van der Waals surface area contributed by atoms with Gasteiger partial charge in [-0.05, 0) is 37.7 Å². The summed E-state index contributed by atoms with van der Waals surface area (Å²) in [7, 11) is 3.83. The van der Waals surface area contributed by atoms with Crippen LogP contribution in [0.1, 0.15) is 21.5 Å². The van der Waals surface area contributed by atoms with Crippen LogP contribution in [0.5, 0.6) is 0 Å². The third kappa shape index (κ3) is 4.44. The first-order chi connectivity index (χ1) is 10.6. The van der Waals surface area contributed by atoms with Crippen LogP contribution in [-0.4, -0.2) is 43.9 Å². The normalized spacial score (nSPS) is 12.1. The number of hydrogen-bond acceptors (Lipinski definition) is 5. The number of carbonyl (C=O) groups excluding carboxylic acids is 2. The monoisotopic (exact) mass is 321 g/mol. The van der Waals surface area contributed by atoms with Gasteiger partial charge in [0.15, 0.2) is 0 Å². The van der Waals surface area contributed by atoms with Crippen molar-refractivity contribution in [3.8, 4) is 0 Å². The average Bonchev–Trinajstić information content (AvgIpc) is 3.17. The van der Waals surface area contributed by atoms with Gasteiger partial charge in [0.05, 0.1) is 23.7 Å². The maximum atomic E-state index is 11.8. The molecule has 0 fully saturated rings. The van der Waals surface area contributed by atoms with Gasteiger partial charge in [-0.2, -0.15) is 0 Å². The summed E-state index contributed by atoms with van der Waals surface area (Å²) in [6, 6.07) is 7.15. The number of hydrogen-bond donors (Lipinski definition) is 2. The molecule has 1 atom stereocenters. The van der Waals surface area contributed by atoms with Crippen molar-refractivity contribution in [1.29, 1.82) is 0 Å². The third-order valence-electron chi connectivity index (χ3n) is 3.14. The summed E-state index contributed by atoms with van der Waals surface area (Å²) < 4.78 is 5.38. The fourth-order valence-electron chi connectivity index (χ4n) is 1.95. The van der Waals surface area contributed by atoms with Gasteiger partial charge in [-0.3, -0.25) is 14.5 Å². The topological polar surface area (TPSA) is 74.6 Å². The van der Waals surface area contributed by atoms with Crippen molar-refractivity contribution in [2.75, 3.05) is 27.2 Å². The molecule has 0 aliphatic rings. The first-order valence-electron chi connectivity index (χ1n) is 6.86. The molecule has 2 aromatic rings. The second-order valence-corrected chi connectivity index (χ2v) is 5.91. The van der Waals surface area contributed by atoms with Gasteiger partial charge in [-0.15, -0.1) is 11.3 Å². The zero-order chi connectivity index (χ0) is 15.9. The SMILES string of the molecule is CN(C)C(CNC(=O)CNC(=O)c1cccs1)c1ccco1. The zero-order valence-electron chi connectivity index (χ0n) is 12.5. The van der Waals surface area contributed by atoms with Crippen molar-refractivity contribution >= 4 is 23.2 Å². The van der Waals surface area contributed by atoms with Gasteiger partial charge in [-0.25, -0.2) is 0 Å². The van der Waals surface area contributed by atoms with Gasteiger partial charge in [0.1, 0.15) is 5.76 Å². The molecule has 0 aliphatic carbocycles. The molecule has 2 amide bonds. The molecule has 0 aliphatic heterocycles. The fraction of sp³-hybridized carbons (Fsp3) is 0.333. The molecule has 2 heterocycles. The number of rotatable bonds is 7. The van der Waals surface area contributed by atoms with Crippen LogP contribution in [0.15, 0.2) is 40.3 Å². The minimum atomic E-state index is -0.236. The van der Waals surface area contributed by atoms with Crippen molar-refractivity contribution in [2.45, 2.75) is 6.04 Å². The molecule has 2 N–H and O–H groups in total. The Labute approximate surface area is 133 Å². The van der Waals surface area contributed by atoms with Crippen LogP contribution < -0.4 is 10.6 Å². The molecule has 22 heavy (non-hydrogen) atoms. The number of carbonyl (C=O) groups is 2. The van der Waals surface area contributed by atoms with Gasteiger partial charge in [-0.1, -0.05) is 6.07 Å². The molecular weight excluding hydrogens is 302 g/mol. The predicted molar refractivity (Wildman–Crippen MR) is 84.8 cm³/mol. The smallest absolute Gasteiger partial charge is 0.261 e. The molecular formula is C15H19N3O3S. The van der Waals surface area contributed by atoms with E-state index in [0.29, 0.717) is 11.4 Å². The first-order valence-corrected chi connectivity index (χ1v) is 7.74. The van der Waals surface area contributed by atoms with Crippen LogP contribution in [0, 0.1) is 0 Å². The summed E-state index contributed by atoms with van der Waals surface area (Å²) in [5.74, 6) is 0.316. The predicted octanol–water partition coefficient (Wildman–Crippen LogP) is 1.49. The summed E-state index contributed by atoms with van der Waals surface area (Å²) in [5.41, 5.74) is 0. The maximum absolute atomic E-state index is 11.8. The Balaban J connectivity index is 1.78. The van der Waals surface area contributed by atoms with E-state index >= 15 is 0 Å². The molecule has 0 bridgehead atoms. The van der Waals surface area contributed by atoms with E-state index in [9.17, 15) is 9.59 Å². The largest absolute Gasteiger partial charge is 0.468 e. The molecule has 0 saturated heterocycles. The number of furan rings is 1. The highest BCUT2D eigenvalue weighted by Gasteiger charge is 2.18. The summed E-state index contributed by atoms with van der Waals surface area (Å²) in [4.78, 5) is 26.1. The highest BCUT2D eigenvalue weighted by atomic mass is 32.1. The highest BCUT2D eigenvalue weighted by Crippen LogP contribution is 2.17. The van der Waals surface area contributed by atoms with Crippen LogP contribution in [0.3, 0.4) is 0 Å². The number of thiophene rings is 1. The van der Waals surface area contributed by atoms with Crippen LogP contribution in [0.4, 0.5) is 0 Å². The lowest BCUT2D eigenvalue weighted by Crippen LogP contribution is -2.40. The average molecular weight is 321 g/mol. The highest BCUT2D eigenvalue weighted by molar-refractivity contribution is 7.12. The van der Waals surface area contributed by atoms with Gasteiger partial charge < -0.3 is 15.1 Å². The Hall–Kier alpha value is -2.12. The minimum absolute atomic E-state index is 0.0466.